The first-order valence-electron chi connectivity index (χ1n) is 16.0. The van der Waals surface area contributed by atoms with Crippen molar-refractivity contribution in [2.24, 2.45) is 11.8 Å². The molecule has 2 heterocycles. The van der Waals surface area contributed by atoms with Crippen molar-refractivity contribution in [1.82, 2.24) is 4.98 Å². The van der Waals surface area contributed by atoms with E-state index in [4.69, 9.17) is 9.90 Å². The molecular weight excluding hydrogens is 706 g/mol. The molecular formula is C36H37FIrNO3-. The van der Waals surface area contributed by atoms with Gasteiger partial charge >= 0.3 is 0 Å². The summed E-state index contributed by atoms with van der Waals surface area (Å²) in [6, 6.07) is 19.8. The molecule has 2 unspecified atom stereocenters. The molecule has 3 aromatic carbocycles. The van der Waals surface area contributed by atoms with Crippen molar-refractivity contribution < 1.29 is 44.3 Å². The molecule has 4 nitrogen and oxygen atoms in total. The molecule has 0 aliphatic heterocycles. The van der Waals surface area contributed by atoms with Gasteiger partial charge in [0.05, 0.1) is 11.3 Å². The summed E-state index contributed by atoms with van der Waals surface area (Å²) >= 11 is 0. The number of alkyl halides is 1. The Morgan fingerprint density at radius 3 is 2.57 bits per heavy atom. The first-order chi connectivity index (χ1) is 21.2. The average molecular weight is 747 g/mol. The van der Waals surface area contributed by atoms with Crippen LogP contribution in [0.1, 0.15) is 69.5 Å². The van der Waals surface area contributed by atoms with Crippen molar-refractivity contribution in [1.29, 1.82) is 0 Å². The molecule has 1 N–H and O–H groups in total. The van der Waals surface area contributed by atoms with Crippen LogP contribution < -0.4 is 0 Å². The number of benzene rings is 3. The van der Waals surface area contributed by atoms with Gasteiger partial charge in [-0.25, -0.2) is 4.39 Å². The molecule has 1 saturated carbocycles. The third-order valence-electron chi connectivity index (χ3n) is 7.50. The van der Waals surface area contributed by atoms with E-state index < -0.39 is 18.9 Å². The van der Waals surface area contributed by atoms with E-state index in [0.717, 1.165) is 21.7 Å². The number of aliphatic hydroxyl groups is 1. The molecule has 0 bridgehead atoms. The van der Waals surface area contributed by atoms with Crippen LogP contribution in [0.2, 0.25) is 0 Å². The van der Waals surface area contributed by atoms with E-state index in [1.165, 1.54) is 6.08 Å². The number of ketones is 1. The number of fused-ring (bicyclic) bond motifs is 4. The topological polar surface area (TPSA) is 63.3 Å². The fraction of sp³-hybridized carbons (Fsp3) is 0.333. The normalized spacial score (nSPS) is 20.5. The number of aliphatic hydroxyl groups excluding tert-OH is 1. The van der Waals surface area contributed by atoms with Crippen LogP contribution in [0.5, 0.6) is 0 Å². The number of para-hydroxylation sites is 1. The predicted octanol–water partition coefficient (Wildman–Crippen LogP) is 9.82. The molecule has 0 saturated heterocycles. The number of hydrogen-bond donors (Lipinski definition) is 1. The molecule has 6 heteroatoms. The smallest absolute Gasteiger partial charge is 0.161 e. The van der Waals surface area contributed by atoms with Gasteiger partial charge < -0.3 is 14.5 Å². The van der Waals surface area contributed by atoms with E-state index in [-0.39, 0.29) is 55.5 Å². The molecule has 2 atom stereocenters. The molecule has 0 spiro atoms. The summed E-state index contributed by atoms with van der Waals surface area (Å²) in [7, 11) is 0. The maximum Gasteiger partial charge on any atom is 0.161 e. The third-order valence-corrected chi connectivity index (χ3v) is 7.50. The fourth-order valence-electron chi connectivity index (χ4n) is 5.07. The summed E-state index contributed by atoms with van der Waals surface area (Å²) in [5.74, 6) is -0.774. The quantitative estimate of drug-likeness (QED) is 0.111. The second kappa shape index (κ2) is 13.3. The number of halogens is 1. The third kappa shape index (κ3) is 6.66. The van der Waals surface area contributed by atoms with Crippen LogP contribution in [-0.2, 0) is 24.9 Å². The van der Waals surface area contributed by atoms with Crippen LogP contribution in [0.3, 0.4) is 0 Å². The number of aromatic nitrogens is 1. The maximum absolute atomic E-state index is 13.9. The van der Waals surface area contributed by atoms with Gasteiger partial charge in [-0.1, -0.05) is 81.9 Å². The second-order valence-electron chi connectivity index (χ2n) is 11.2. The molecule has 6 rings (SSSR count). The van der Waals surface area contributed by atoms with Gasteiger partial charge in [-0.3, -0.25) is 4.79 Å². The van der Waals surface area contributed by atoms with Gasteiger partial charge in [0.1, 0.15) is 11.8 Å². The number of carbonyl (C=O) groups is 1. The molecule has 1 radical (unpaired) electrons. The van der Waals surface area contributed by atoms with Gasteiger partial charge in [-0.2, -0.15) is 0 Å². The Hall–Kier alpha value is -3.34. The Kier molecular flexibility index (Phi) is 8.34. The predicted molar refractivity (Wildman–Crippen MR) is 165 cm³/mol. The zero-order valence-electron chi connectivity index (χ0n) is 28.1. The standard InChI is InChI=1S/C27H21FNO.C9H16O2.Ir/c1-16-12-23-22-4-2-3-5-25(22)30-27(23)24(13-16)26-21-9-7-17(14-19(21)10-11-29-26)18-6-8-20(28)15-18;1-6(2)8(10)5-9(11)7(3)4;/h2-5,7,9-12,14,18,20H,6,8,15H2,1H3;5-7,10H,1-4H3;/q-1;;/b;8-5-;/i1D3,18D;;. The Morgan fingerprint density at radius 1 is 1.10 bits per heavy atom. The number of hydrogen-bond acceptors (Lipinski definition) is 4. The molecule has 221 valence electrons. The number of furan rings is 1. The number of nitrogens with zero attached hydrogens (tertiary/aromatic N) is 1. The van der Waals surface area contributed by atoms with Crippen molar-refractivity contribution in [3.05, 3.63) is 89.8 Å². The number of allylic oxidation sites excluding steroid dienone is 2. The molecule has 5 aromatic rings. The number of carbonyl (C=O) groups excluding carboxylic acids is 1. The van der Waals surface area contributed by atoms with Gasteiger partial charge in [-0.05, 0) is 59.3 Å². The first kappa shape index (κ1) is 26.3. The number of rotatable bonds is 5. The van der Waals surface area contributed by atoms with Gasteiger partial charge in [0.2, 0.25) is 0 Å². The maximum atomic E-state index is 13.9. The zero-order valence-corrected chi connectivity index (χ0v) is 26.5. The van der Waals surface area contributed by atoms with Crippen LogP contribution >= 0.6 is 0 Å². The minimum absolute atomic E-state index is 0. The molecule has 2 aromatic heterocycles. The SMILES string of the molecule is CC(C)C(=O)/C=C(\O)C(C)C.[2H]C([2H])([2H])c1[c-]c(-c2nccc3cc(C4([2H])CCC(F)C4)ccc23)c2oc3ccccc3c2c1.[Ir]. The van der Waals surface area contributed by atoms with Crippen LogP contribution in [0.25, 0.3) is 44.0 Å². The molecule has 0 amide bonds. The van der Waals surface area contributed by atoms with E-state index >= 15 is 0 Å². The minimum atomic E-state index is -2.35. The van der Waals surface area contributed by atoms with Crippen molar-refractivity contribution in [3.63, 3.8) is 0 Å². The Bertz CT molecular complexity index is 1920. The van der Waals surface area contributed by atoms with E-state index in [1.54, 1.807) is 12.3 Å². The monoisotopic (exact) mass is 747 g/mol. The van der Waals surface area contributed by atoms with Crippen molar-refractivity contribution in [2.45, 2.75) is 65.9 Å². The van der Waals surface area contributed by atoms with Gasteiger partial charge in [0.25, 0.3) is 0 Å². The van der Waals surface area contributed by atoms with Gasteiger partial charge in [-0.15, -0.1) is 17.7 Å². The zero-order chi connectivity index (χ0) is 32.7. The Morgan fingerprint density at radius 2 is 1.88 bits per heavy atom. The van der Waals surface area contributed by atoms with E-state index in [1.807, 2.05) is 76.2 Å². The van der Waals surface area contributed by atoms with E-state index in [9.17, 15) is 14.3 Å². The largest absolute Gasteiger partial charge is 0.512 e. The summed E-state index contributed by atoms with van der Waals surface area (Å²) in [6.07, 6.45) is 3.13. The van der Waals surface area contributed by atoms with Gasteiger partial charge in [0.15, 0.2) is 5.78 Å². The summed E-state index contributed by atoms with van der Waals surface area (Å²) < 4.78 is 52.8. The van der Waals surface area contributed by atoms with Crippen LogP contribution in [0.15, 0.2) is 77.0 Å². The second-order valence-corrected chi connectivity index (χ2v) is 11.2. The van der Waals surface area contributed by atoms with Gasteiger partial charge in [0, 0.05) is 55.1 Å². The average Bonchev–Trinajstić information content (AvgIpc) is 3.55. The summed E-state index contributed by atoms with van der Waals surface area (Å²) in [5, 5.41) is 12.4. The summed E-state index contributed by atoms with van der Waals surface area (Å²) in [5.41, 5.74) is 3.13. The molecule has 1 aliphatic carbocycles. The first-order valence-corrected chi connectivity index (χ1v) is 14.0. The van der Waals surface area contributed by atoms with Crippen molar-refractivity contribution >= 4 is 38.5 Å². The number of aryl methyl sites for hydroxylation is 1. The molecule has 1 aliphatic rings. The van der Waals surface area contributed by atoms with E-state index in [2.05, 4.69) is 11.1 Å². The number of pyridine rings is 1. The van der Waals surface area contributed by atoms with Crippen molar-refractivity contribution in [2.75, 3.05) is 0 Å². The molecule has 42 heavy (non-hydrogen) atoms. The summed E-state index contributed by atoms with van der Waals surface area (Å²) in [4.78, 5) is 15.6. The van der Waals surface area contributed by atoms with E-state index in [0.29, 0.717) is 40.7 Å². The fourth-order valence-corrected chi connectivity index (χ4v) is 5.07. The molecule has 1 fully saturated rings. The van der Waals surface area contributed by atoms with Crippen LogP contribution in [0.4, 0.5) is 4.39 Å². The summed E-state index contributed by atoms with van der Waals surface area (Å²) in [6.45, 7) is 4.97. The Balaban J connectivity index is 0.000000346. The van der Waals surface area contributed by atoms with Crippen molar-refractivity contribution in [3.8, 4) is 11.3 Å². The van der Waals surface area contributed by atoms with Crippen LogP contribution in [0, 0.1) is 24.8 Å². The Labute approximate surface area is 266 Å². The minimum Gasteiger partial charge on any atom is -0.512 e. The van der Waals surface area contributed by atoms with Crippen LogP contribution in [-0.4, -0.2) is 22.0 Å².